The van der Waals surface area contributed by atoms with Gasteiger partial charge in [0.2, 0.25) is 0 Å². The van der Waals surface area contributed by atoms with Crippen LogP contribution < -0.4 is 5.32 Å². The van der Waals surface area contributed by atoms with Gasteiger partial charge < -0.3 is 15.1 Å². The molecular formula is C15H31IN4. The first kappa shape index (κ1) is 19.7. The van der Waals surface area contributed by atoms with Crippen LogP contribution in [0.4, 0.5) is 0 Å². The lowest BCUT2D eigenvalue weighted by Crippen LogP contribution is -2.39. The van der Waals surface area contributed by atoms with E-state index in [0.717, 1.165) is 44.4 Å². The van der Waals surface area contributed by atoms with Crippen molar-refractivity contribution in [3.8, 4) is 0 Å². The quantitative estimate of drug-likeness (QED) is 0.237. The highest BCUT2D eigenvalue weighted by molar-refractivity contribution is 14.0. The van der Waals surface area contributed by atoms with E-state index in [4.69, 9.17) is 4.99 Å². The number of rotatable bonds is 7. The fourth-order valence-electron chi connectivity index (χ4n) is 2.44. The zero-order chi connectivity index (χ0) is 14.1. The number of nitrogens with zero attached hydrogens (tertiary/aromatic N) is 3. The molecule has 0 radical (unpaired) electrons. The first-order valence-corrected chi connectivity index (χ1v) is 7.46. The Kier molecular flexibility index (Phi) is 11.2. The topological polar surface area (TPSA) is 30.9 Å². The molecule has 1 atom stereocenters. The summed E-state index contributed by atoms with van der Waals surface area (Å²) in [5.74, 6) is 1.77. The molecule has 1 aliphatic heterocycles. The summed E-state index contributed by atoms with van der Waals surface area (Å²) in [5, 5.41) is 3.38. The molecule has 4 nitrogen and oxygen atoms in total. The van der Waals surface area contributed by atoms with Crippen molar-refractivity contribution in [2.75, 3.05) is 46.8 Å². The molecule has 1 fully saturated rings. The number of guanidine groups is 1. The molecule has 1 N–H and O–H groups in total. The van der Waals surface area contributed by atoms with Gasteiger partial charge in [-0.1, -0.05) is 6.08 Å². The second kappa shape index (κ2) is 11.4. The predicted molar refractivity (Wildman–Crippen MR) is 99.1 cm³/mol. The van der Waals surface area contributed by atoms with Gasteiger partial charge in [0.1, 0.15) is 0 Å². The number of unbranched alkanes of at least 4 members (excludes halogenated alkanes) is 1. The minimum Gasteiger partial charge on any atom is -0.357 e. The van der Waals surface area contributed by atoms with Crippen LogP contribution in [-0.4, -0.2) is 62.6 Å². The van der Waals surface area contributed by atoms with Gasteiger partial charge in [0, 0.05) is 33.2 Å². The predicted octanol–water partition coefficient (Wildman–Crippen LogP) is 2.42. The summed E-state index contributed by atoms with van der Waals surface area (Å²) < 4.78 is 0. The monoisotopic (exact) mass is 394 g/mol. The van der Waals surface area contributed by atoms with E-state index in [-0.39, 0.29) is 24.0 Å². The van der Waals surface area contributed by atoms with E-state index in [1.807, 2.05) is 6.08 Å². The highest BCUT2D eigenvalue weighted by atomic mass is 127. The number of nitrogens with one attached hydrogen (secondary N) is 1. The molecule has 20 heavy (non-hydrogen) atoms. The van der Waals surface area contributed by atoms with E-state index in [9.17, 15) is 0 Å². The van der Waals surface area contributed by atoms with E-state index >= 15 is 0 Å². The SMILES string of the molecule is C=CCCCN(C)C(=NCC1CCN(C)C1)NCC.I. The molecule has 118 valence electrons. The normalized spacial score (nSPS) is 19.6. The van der Waals surface area contributed by atoms with Crippen molar-refractivity contribution in [1.29, 1.82) is 0 Å². The number of hydrogen-bond acceptors (Lipinski definition) is 2. The lowest BCUT2D eigenvalue weighted by atomic mass is 10.1. The molecule has 0 spiro atoms. The molecular weight excluding hydrogens is 363 g/mol. The Bertz CT molecular complexity index is 294. The minimum atomic E-state index is 0. The van der Waals surface area contributed by atoms with Gasteiger partial charge >= 0.3 is 0 Å². The van der Waals surface area contributed by atoms with Gasteiger partial charge in [-0.05, 0) is 45.7 Å². The Labute approximate surface area is 141 Å². The van der Waals surface area contributed by atoms with E-state index in [2.05, 4.69) is 42.7 Å². The molecule has 0 saturated carbocycles. The largest absolute Gasteiger partial charge is 0.357 e. The Morgan fingerprint density at radius 3 is 2.85 bits per heavy atom. The number of aliphatic imine (C=N–C) groups is 1. The molecule has 1 unspecified atom stereocenters. The van der Waals surface area contributed by atoms with Crippen molar-refractivity contribution in [2.24, 2.45) is 10.9 Å². The van der Waals surface area contributed by atoms with Crippen LogP contribution in [0, 0.1) is 5.92 Å². The molecule has 0 aliphatic carbocycles. The van der Waals surface area contributed by atoms with Crippen molar-refractivity contribution < 1.29 is 0 Å². The van der Waals surface area contributed by atoms with Gasteiger partial charge in [-0.25, -0.2) is 0 Å². The van der Waals surface area contributed by atoms with E-state index in [1.165, 1.54) is 19.5 Å². The standard InChI is InChI=1S/C15H30N4.HI/c1-5-7-8-10-19(4)15(16-6-2)17-12-14-9-11-18(3)13-14;/h5,14H,1,6-13H2,2-4H3,(H,16,17);1H. The lowest BCUT2D eigenvalue weighted by Gasteiger charge is -2.22. The van der Waals surface area contributed by atoms with Crippen molar-refractivity contribution in [3.05, 3.63) is 12.7 Å². The number of halogens is 1. The summed E-state index contributed by atoms with van der Waals surface area (Å²) in [5.41, 5.74) is 0. The average molecular weight is 394 g/mol. The smallest absolute Gasteiger partial charge is 0.193 e. The molecule has 0 aromatic heterocycles. The van der Waals surface area contributed by atoms with Crippen molar-refractivity contribution >= 4 is 29.9 Å². The maximum atomic E-state index is 4.79. The van der Waals surface area contributed by atoms with Crippen LogP contribution in [0.5, 0.6) is 0 Å². The van der Waals surface area contributed by atoms with Gasteiger partial charge in [-0.3, -0.25) is 4.99 Å². The van der Waals surface area contributed by atoms with Gasteiger partial charge in [0.05, 0.1) is 0 Å². The van der Waals surface area contributed by atoms with Crippen LogP contribution in [0.3, 0.4) is 0 Å². The fraction of sp³-hybridized carbons (Fsp3) is 0.800. The zero-order valence-electron chi connectivity index (χ0n) is 13.3. The molecule has 1 saturated heterocycles. The molecule has 1 heterocycles. The summed E-state index contributed by atoms with van der Waals surface area (Å²) in [6, 6.07) is 0. The zero-order valence-corrected chi connectivity index (χ0v) is 15.6. The molecule has 0 aromatic rings. The Hall–Kier alpha value is -0.300. The Morgan fingerprint density at radius 2 is 2.30 bits per heavy atom. The first-order valence-electron chi connectivity index (χ1n) is 7.46. The summed E-state index contributed by atoms with van der Waals surface area (Å²) in [6.45, 7) is 11.2. The third kappa shape index (κ3) is 7.47. The van der Waals surface area contributed by atoms with Crippen LogP contribution in [0.2, 0.25) is 0 Å². The van der Waals surface area contributed by atoms with Crippen LogP contribution in [0.1, 0.15) is 26.2 Å². The Morgan fingerprint density at radius 1 is 1.55 bits per heavy atom. The van der Waals surface area contributed by atoms with Gasteiger partial charge in [0.15, 0.2) is 5.96 Å². The van der Waals surface area contributed by atoms with E-state index < -0.39 is 0 Å². The number of likely N-dealkylation sites (tertiary alicyclic amines) is 1. The fourth-order valence-corrected chi connectivity index (χ4v) is 2.44. The highest BCUT2D eigenvalue weighted by Crippen LogP contribution is 2.14. The van der Waals surface area contributed by atoms with Crippen molar-refractivity contribution in [1.82, 2.24) is 15.1 Å². The average Bonchev–Trinajstić information content (AvgIpc) is 2.80. The van der Waals surface area contributed by atoms with Gasteiger partial charge in [-0.15, -0.1) is 30.6 Å². The van der Waals surface area contributed by atoms with Crippen molar-refractivity contribution in [3.63, 3.8) is 0 Å². The van der Waals surface area contributed by atoms with Crippen LogP contribution in [-0.2, 0) is 0 Å². The van der Waals surface area contributed by atoms with E-state index in [1.54, 1.807) is 0 Å². The molecule has 1 rings (SSSR count). The highest BCUT2D eigenvalue weighted by Gasteiger charge is 2.19. The summed E-state index contributed by atoms with van der Waals surface area (Å²) in [7, 11) is 4.31. The summed E-state index contributed by atoms with van der Waals surface area (Å²) in [4.78, 5) is 9.41. The minimum absolute atomic E-state index is 0. The molecule has 5 heteroatoms. The third-order valence-electron chi connectivity index (χ3n) is 3.59. The summed E-state index contributed by atoms with van der Waals surface area (Å²) in [6.07, 6.45) is 5.46. The summed E-state index contributed by atoms with van der Waals surface area (Å²) >= 11 is 0. The third-order valence-corrected chi connectivity index (χ3v) is 3.59. The lowest BCUT2D eigenvalue weighted by molar-refractivity contribution is 0.396. The first-order chi connectivity index (χ1) is 9.17. The second-order valence-electron chi connectivity index (χ2n) is 5.46. The molecule has 0 aromatic carbocycles. The number of hydrogen-bond donors (Lipinski definition) is 1. The van der Waals surface area contributed by atoms with Gasteiger partial charge in [-0.2, -0.15) is 0 Å². The Balaban J connectivity index is 0.00000361. The molecule has 1 aliphatic rings. The van der Waals surface area contributed by atoms with E-state index in [0.29, 0.717) is 0 Å². The van der Waals surface area contributed by atoms with Crippen molar-refractivity contribution in [2.45, 2.75) is 26.2 Å². The van der Waals surface area contributed by atoms with Gasteiger partial charge in [0.25, 0.3) is 0 Å². The maximum absolute atomic E-state index is 4.79. The maximum Gasteiger partial charge on any atom is 0.193 e. The molecule has 0 amide bonds. The van der Waals surface area contributed by atoms with Crippen LogP contribution in [0.25, 0.3) is 0 Å². The number of allylic oxidation sites excluding steroid dienone is 1. The van der Waals surface area contributed by atoms with Crippen LogP contribution >= 0.6 is 24.0 Å². The van der Waals surface area contributed by atoms with Crippen LogP contribution in [0.15, 0.2) is 17.6 Å². The second-order valence-corrected chi connectivity index (χ2v) is 5.46. The molecule has 0 bridgehead atoms.